The minimum Gasteiger partial charge on any atom is -0.393 e. The Kier molecular flexibility index (Phi) is 3.96. The van der Waals surface area contributed by atoms with Gasteiger partial charge in [0.1, 0.15) is 0 Å². The smallest absolute Gasteiger partial charge is 0.163 e. The number of aliphatic hydroxyl groups is 1. The SMILES string of the molecule is CC=C1CCC2C1CCC1C2[C@H]2OC(C)(C)O[C@@H]2C2C[C@@H](O)CC[C@]12C. The van der Waals surface area contributed by atoms with Gasteiger partial charge in [-0.05, 0) is 101 Å². The lowest BCUT2D eigenvalue weighted by Gasteiger charge is -2.61. The highest BCUT2D eigenvalue weighted by Gasteiger charge is 2.66. The van der Waals surface area contributed by atoms with Crippen LogP contribution in [0.4, 0.5) is 0 Å². The maximum Gasteiger partial charge on any atom is 0.163 e. The number of hydrogen-bond acceptors (Lipinski definition) is 3. The first-order valence-corrected chi connectivity index (χ1v) is 11.0. The Hall–Kier alpha value is -0.380. The summed E-state index contributed by atoms with van der Waals surface area (Å²) in [5.41, 5.74) is 2.01. The molecule has 3 heteroatoms. The third-order valence-corrected chi connectivity index (χ3v) is 9.05. The van der Waals surface area contributed by atoms with E-state index in [1.165, 1.54) is 25.7 Å². The normalized spacial score (nSPS) is 56.6. The second-order valence-electron chi connectivity index (χ2n) is 10.5. The Morgan fingerprint density at radius 3 is 2.54 bits per heavy atom. The van der Waals surface area contributed by atoms with Crippen LogP contribution in [-0.4, -0.2) is 29.2 Å². The van der Waals surface area contributed by atoms with Crippen LogP contribution in [0.25, 0.3) is 0 Å². The summed E-state index contributed by atoms with van der Waals surface area (Å²) in [5.74, 6) is 2.88. The quantitative estimate of drug-likeness (QED) is 0.637. The molecule has 4 aliphatic carbocycles. The molecule has 0 radical (unpaired) electrons. The van der Waals surface area contributed by atoms with Gasteiger partial charge in [-0.2, -0.15) is 0 Å². The summed E-state index contributed by atoms with van der Waals surface area (Å²) < 4.78 is 13.1. The van der Waals surface area contributed by atoms with Crippen molar-refractivity contribution >= 4 is 0 Å². The maximum atomic E-state index is 10.4. The first-order chi connectivity index (χ1) is 12.3. The lowest BCUT2D eigenvalue weighted by atomic mass is 9.45. The minimum atomic E-state index is -0.484. The van der Waals surface area contributed by atoms with E-state index >= 15 is 0 Å². The summed E-state index contributed by atoms with van der Waals surface area (Å²) >= 11 is 0. The summed E-state index contributed by atoms with van der Waals surface area (Å²) in [7, 11) is 0. The number of ether oxygens (including phenoxy) is 2. The first-order valence-electron chi connectivity index (χ1n) is 11.0. The molecule has 0 aromatic heterocycles. The second-order valence-corrected chi connectivity index (χ2v) is 10.5. The lowest BCUT2D eigenvalue weighted by Crippen LogP contribution is -2.62. The molecule has 9 atom stereocenters. The monoisotopic (exact) mass is 360 g/mol. The van der Waals surface area contributed by atoms with Gasteiger partial charge in [0, 0.05) is 0 Å². The number of allylic oxidation sites excluding steroid dienone is 2. The molecule has 3 nitrogen and oxygen atoms in total. The summed E-state index contributed by atoms with van der Waals surface area (Å²) in [4.78, 5) is 0. The van der Waals surface area contributed by atoms with Gasteiger partial charge >= 0.3 is 0 Å². The van der Waals surface area contributed by atoms with Crippen molar-refractivity contribution in [3.05, 3.63) is 11.6 Å². The lowest BCUT2D eigenvalue weighted by molar-refractivity contribution is -0.174. The van der Waals surface area contributed by atoms with Gasteiger partial charge < -0.3 is 14.6 Å². The molecule has 5 fully saturated rings. The Morgan fingerprint density at radius 1 is 1.00 bits per heavy atom. The van der Waals surface area contributed by atoms with Crippen LogP contribution < -0.4 is 0 Å². The molecule has 0 aromatic carbocycles. The predicted octanol–water partition coefficient (Wildman–Crippen LogP) is 4.69. The van der Waals surface area contributed by atoms with Crippen molar-refractivity contribution in [3.63, 3.8) is 0 Å². The van der Waals surface area contributed by atoms with Crippen molar-refractivity contribution in [2.24, 2.45) is 35.0 Å². The zero-order chi connectivity index (χ0) is 18.3. The molecule has 1 N–H and O–H groups in total. The molecular weight excluding hydrogens is 324 g/mol. The molecule has 5 unspecified atom stereocenters. The highest BCUT2D eigenvalue weighted by molar-refractivity contribution is 5.20. The van der Waals surface area contributed by atoms with Gasteiger partial charge in [-0.1, -0.05) is 18.6 Å². The van der Waals surface area contributed by atoms with Crippen LogP contribution in [0.3, 0.4) is 0 Å². The first kappa shape index (κ1) is 17.7. The van der Waals surface area contributed by atoms with Gasteiger partial charge in [0.25, 0.3) is 0 Å². The van der Waals surface area contributed by atoms with Gasteiger partial charge in [-0.3, -0.25) is 0 Å². The molecule has 146 valence electrons. The van der Waals surface area contributed by atoms with Gasteiger partial charge in [0.2, 0.25) is 0 Å². The standard InChI is InChI=1S/C23H36O3/c1-5-13-6-7-16-15(13)8-9-17-19(16)21-20(25-22(2,3)26-21)18-12-14(24)10-11-23(17,18)4/h5,14-21,24H,6-12H2,1-4H3/t14-,15?,16?,17?,18?,19?,20+,21+,23+/m0/s1. The molecule has 1 aliphatic heterocycles. The van der Waals surface area contributed by atoms with E-state index in [4.69, 9.17) is 9.47 Å². The average molecular weight is 361 g/mol. The Morgan fingerprint density at radius 2 is 1.77 bits per heavy atom. The van der Waals surface area contributed by atoms with E-state index in [0.717, 1.165) is 37.0 Å². The van der Waals surface area contributed by atoms with E-state index in [0.29, 0.717) is 17.3 Å². The van der Waals surface area contributed by atoms with E-state index < -0.39 is 5.79 Å². The Labute approximate surface area is 158 Å². The second kappa shape index (κ2) is 5.81. The van der Waals surface area contributed by atoms with E-state index in [1.807, 2.05) is 0 Å². The van der Waals surface area contributed by atoms with Crippen LogP contribution in [0.15, 0.2) is 11.6 Å². The summed E-state index contributed by atoms with van der Waals surface area (Å²) in [5, 5.41) is 10.4. The maximum absolute atomic E-state index is 10.4. The largest absolute Gasteiger partial charge is 0.393 e. The zero-order valence-electron chi connectivity index (χ0n) is 16.9. The molecule has 5 rings (SSSR count). The van der Waals surface area contributed by atoms with Crippen molar-refractivity contribution in [2.45, 2.75) is 96.7 Å². The number of rotatable bonds is 0. The highest BCUT2D eigenvalue weighted by Crippen LogP contribution is 2.66. The van der Waals surface area contributed by atoms with Gasteiger partial charge in [-0.25, -0.2) is 0 Å². The predicted molar refractivity (Wildman–Crippen MR) is 101 cm³/mol. The fourth-order valence-electron chi connectivity index (χ4n) is 8.04. The Bertz CT molecular complexity index is 611. The fourth-order valence-corrected chi connectivity index (χ4v) is 8.04. The molecule has 5 aliphatic rings. The number of hydrogen-bond donors (Lipinski definition) is 1. The van der Waals surface area contributed by atoms with E-state index in [9.17, 15) is 5.11 Å². The summed E-state index contributed by atoms with van der Waals surface area (Å²) in [6.07, 6.45) is 11.0. The molecule has 26 heavy (non-hydrogen) atoms. The van der Waals surface area contributed by atoms with Crippen LogP contribution in [0.1, 0.15) is 72.6 Å². The summed E-state index contributed by atoms with van der Waals surface area (Å²) in [6, 6.07) is 0. The van der Waals surface area contributed by atoms with E-state index in [2.05, 4.69) is 33.8 Å². The van der Waals surface area contributed by atoms with Crippen molar-refractivity contribution in [2.75, 3.05) is 0 Å². The van der Waals surface area contributed by atoms with Crippen molar-refractivity contribution in [3.8, 4) is 0 Å². The van der Waals surface area contributed by atoms with Crippen molar-refractivity contribution in [1.82, 2.24) is 0 Å². The molecule has 4 saturated carbocycles. The third-order valence-electron chi connectivity index (χ3n) is 9.05. The third kappa shape index (κ3) is 2.36. The highest BCUT2D eigenvalue weighted by atomic mass is 16.8. The molecular formula is C23H36O3. The number of fused-ring (bicyclic) bond motifs is 8. The average Bonchev–Trinajstić information content (AvgIpc) is 3.15. The van der Waals surface area contributed by atoms with Crippen molar-refractivity contribution < 1.29 is 14.6 Å². The van der Waals surface area contributed by atoms with Crippen LogP contribution in [0.5, 0.6) is 0 Å². The van der Waals surface area contributed by atoms with Crippen LogP contribution in [0, 0.1) is 35.0 Å². The van der Waals surface area contributed by atoms with Crippen LogP contribution >= 0.6 is 0 Å². The van der Waals surface area contributed by atoms with Crippen LogP contribution in [0.2, 0.25) is 0 Å². The van der Waals surface area contributed by atoms with Crippen LogP contribution in [-0.2, 0) is 9.47 Å². The number of aliphatic hydroxyl groups excluding tert-OH is 1. The molecule has 0 aromatic rings. The molecule has 1 saturated heterocycles. The Balaban J connectivity index is 1.56. The zero-order valence-corrected chi connectivity index (χ0v) is 16.9. The van der Waals surface area contributed by atoms with E-state index in [1.54, 1.807) is 5.57 Å². The molecule has 1 heterocycles. The summed E-state index contributed by atoms with van der Waals surface area (Å²) in [6.45, 7) is 8.93. The van der Waals surface area contributed by atoms with Gasteiger partial charge in [0.05, 0.1) is 18.3 Å². The van der Waals surface area contributed by atoms with Crippen molar-refractivity contribution in [1.29, 1.82) is 0 Å². The molecule has 0 spiro atoms. The minimum absolute atomic E-state index is 0.157. The topological polar surface area (TPSA) is 38.7 Å². The molecule has 0 bridgehead atoms. The molecule has 0 amide bonds. The fraction of sp³-hybridized carbons (Fsp3) is 0.913. The van der Waals surface area contributed by atoms with Gasteiger partial charge in [0.15, 0.2) is 5.79 Å². The van der Waals surface area contributed by atoms with E-state index in [-0.39, 0.29) is 18.3 Å². The van der Waals surface area contributed by atoms with Gasteiger partial charge in [-0.15, -0.1) is 0 Å².